The molecule has 0 aliphatic heterocycles. The number of aryl methyl sites for hydroxylation is 3. The van der Waals surface area contributed by atoms with Gasteiger partial charge in [0.1, 0.15) is 0 Å². The molecule has 0 saturated carbocycles. The van der Waals surface area contributed by atoms with Crippen LogP contribution in [0.15, 0.2) is 146 Å². The third kappa shape index (κ3) is 5.07. The average Bonchev–Trinajstić information content (AvgIpc) is 3.00. The zero-order valence-corrected chi connectivity index (χ0v) is 23.3. The van der Waals surface area contributed by atoms with Crippen molar-refractivity contribution in [3.8, 4) is 33.4 Å². The van der Waals surface area contributed by atoms with Crippen molar-refractivity contribution in [1.82, 2.24) is 0 Å². The molecule has 1 nitrogen and oxygen atoms in total. The van der Waals surface area contributed by atoms with Gasteiger partial charge < -0.3 is 4.90 Å². The zero-order valence-electron chi connectivity index (χ0n) is 23.3. The van der Waals surface area contributed by atoms with Crippen molar-refractivity contribution < 1.29 is 0 Å². The fraction of sp³-hybridized carbons (Fsp3) is 0.0769. The van der Waals surface area contributed by atoms with Gasteiger partial charge in [-0.25, -0.2) is 0 Å². The van der Waals surface area contributed by atoms with Crippen molar-refractivity contribution in [2.24, 2.45) is 0 Å². The minimum Gasteiger partial charge on any atom is -0.309 e. The average molecular weight is 516 g/mol. The van der Waals surface area contributed by atoms with Crippen molar-refractivity contribution in [2.45, 2.75) is 20.8 Å². The van der Waals surface area contributed by atoms with E-state index >= 15 is 0 Å². The first-order valence-electron chi connectivity index (χ1n) is 13.9. The minimum absolute atomic E-state index is 1.15. The summed E-state index contributed by atoms with van der Waals surface area (Å²) < 4.78 is 0. The number of benzene rings is 6. The first kappa shape index (κ1) is 25.4. The van der Waals surface area contributed by atoms with Crippen LogP contribution in [0.2, 0.25) is 0 Å². The Hall–Kier alpha value is -4.88. The second kappa shape index (κ2) is 11.1. The van der Waals surface area contributed by atoms with Gasteiger partial charge in [-0.3, -0.25) is 0 Å². The van der Waals surface area contributed by atoms with Gasteiger partial charge in [-0.1, -0.05) is 126 Å². The zero-order chi connectivity index (χ0) is 27.5. The van der Waals surface area contributed by atoms with E-state index < -0.39 is 0 Å². The number of anilines is 3. The summed E-state index contributed by atoms with van der Waals surface area (Å²) in [5, 5.41) is 0. The van der Waals surface area contributed by atoms with Gasteiger partial charge >= 0.3 is 0 Å². The summed E-state index contributed by atoms with van der Waals surface area (Å²) in [4.78, 5) is 2.46. The molecule has 0 unspecified atom stereocenters. The van der Waals surface area contributed by atoms with Crippen molar-refractivity contribution in [3.05, 3.63) is 162 Å². The summed E-state index contributed by atoms with van der Waals surface area (Å²) in [5.74, 6) is 0. The van der Waals surface area contributed by atoms with Crippen molar-refractivity contribution in [1.29, 1.82) is 0 Å². The van der Waals surface area contributed by atoms with Gasteiger partial charge in [0.25, 0.3) is 0 Å². The number of hydrogen-bond acceptors (Lipinski definition) is 1. The molecule has 0 aromatic heterocycles. The molecule has 0 saturated heterocycles. The van der Waals surface area contributed by atoms with Gasteiger partial charge in [0.05, 0.1) is 17.1 Å². The Bertz CT molecular complexity index is 1540. The normalized spacial score (nSPS) is 10.9. The van der Waals surface area contributed by atoms with Crippen LogP contribution in [-0.4, -0.2) is 0 Å². The maximum atomic E-state index is 2.46. The maximum Gasteiger partial charge on any atom is 0.0540 e. The molecular weight excluding hydrogens is 482 g/mol. The monoisotopic (exact) mass is 515 g/mol. The maximum absolute atomic E-state index is 2.46. The van der Waals surface area contributed by atoms with E-state index in [4.69, 9.17) is 0 Å². The van der Waals surface area contributed by atoms with Crippen molar-refractivity contribution >= 4 is 17.1 Å². The van der Waals surface area contributed by atoms with Crippen LogP contribution in [0.1, 0.15) is 16.7 Å². The molecule has 1 heteroatoms. The third-order valence-corrected chi connectivity index (χ3v) is 7.43. The summed E-state index contributed by atoms with van der Waals surface area (Å²) in [7, 11) is 0. The Morgan fingerprint density at radius 3 is 0.875 bits per heavy atom. The van der Waals surface area contributed by atoms with Crippen LogP contribution in [-0.2, 0) is 0 Å². The summed E-state index contributed by atoms with van der Waals surface area (Å²) in [6, 6.07) is 52.6. The lowest BCUT2D eigenvalue weighted by Gasteiger charge is -2.32. The number of rotatable bonds is 6. The van der Waals surface area contributed by atoms with Crippen LogP contribution in [0.25, 0.3) is 33.4 Å². The fourth-order valence-corrected chi connectivity index (χ4v) is 5.47. The van der Waals surface area contributed by atoms with E-state index in [2.05, 4.69) is 171 Å². The molecule has 0 spiro atoms. The Morgan fingerprint density at radius 1 is 0.325 bits per heavy atom. The molecule has 0 aliphatic carbocycles. The molecule has 0 radical (unpaired) electrons. The molecule has 0 N–H and O–H groups in total. The van der Waals surface area contributed by atoms with Crippen LogP contribution < -0.4 is 4.90 Å². The third-order valence-electron chi connectivity index (χ3n) is 7.43. The van der Waals surface area contributed by atoms with E-state index in [1.165, 1.54) is 50.1 Å². The van der Waals surface area contributed by atoms with Gasteiger partial charge in [0.15, 0.2) is 0 Å². The highest BCUT2D eigenvalue weighted by atomic mass is 15.1. The number of hydrogen-bond donors (Lipinski definition) is 0. The Balaban J connectivity index is 1.71. The molecule has 0 aliphatic rings. The first-order valence-corrected chi connectivity index (χ1v) is 13.9. The molecule has 40 heavy (non-hydrogen) atoms. The number of nitrogens with zero attached hydrogens (tertiary/aromatic N) is 1. The molecular formula is C39H33N. The van der Waals surface area contributed by atoms with Gasteiger partial charge in [0.2, 0.25) is 0 Å². The largest absolute Gasteiger partial charge is 0.309 e. The SMILES string of the molecule is Cc1ccc(N(c2ccc(C)cc2-c2ccccc2)c2ccc(C)cc2-c2ccccc2)c(-c2ccccc2)c1. The standard InChI is InChI=1S/C39H33N/c1-28-19-22-37(34(25-28)31-13-7-4-8-14-31)40(38-23-20-29(2)26-35(38)32-15-9-5-10-16-32)39-24-21-30(3)27-36(39)33-17-11-6-12-18-33/h4-27H,1-3H3. The Morgan fingerprint density at radius 2 is 0.600 bits per heavy atom. The second-order valence-electron chi connectivity index (χ2n) is 10.5. The lowest BCUT2D eigenvalue weighted by molar-refractivity contribution is 1.26. The lowest BCUT2D eigenvalue weighted by Crippen LogP contribution is -2.14. The predicted octanol–water partition coefficient (Wildman–Crippen LogP) is 11.1. The van der Waals surface area contributed by atoms with E-state index in [0.717, 1.165) is 17.1 Å². The summed E-state index contributed by atoms with van der Waals surface area (Å²) in [5.41, 5.74) is 14.4. The van der Waals surface area contributed by atoms with Crippen LogP contribution in [0, 0.1) is 20.8 Å². The molecule has 6 aromatic rings. The lowest BCUT2D eigenvalue weighted by atomic mass is 9.94. The highest BCUT2D eigenvalue weighted by Crippen LogP contribution is 2.48. The summed E-state index contributed by atoms with van der Waals surface area (Å²) in [6.07, 6.45) is 0. The van der Waals surface area contributed by atoms with Crippen LogP contribution in [0.4, 0.5) is 17.1 Å². The van der Waals surface area contributed by atoms with E-state index in [9.17, 15) is 0 Å². The smallest absolute Gasteiger partial charge is 0.0540 e. The van der Waals surface area contributed by atoms with Crippen molar-refractivity contribution in [2.75, 3.05) is 4.90 Å². The highest BCUT2D eigenvalue weighted by molar-refractivity contribution is 5.97. The minimum atomic E-state index is 1.15. The van der Waals surface area contributed by atoms with E-state index in [1.807, 2.05) is 0 Å². The topological polar surface area (TPSA) is 3.24 Å². The van der Waals surface area contributed by atoms with Crippen molar-refractivity contribution in [3.63, 3.8) is 0 Å². The first-order chi connectivity index (χ1) is 19.6. The second-order valence-corrected chi connectivity index (χ2v) is 10.5. The summed E-state index contributed by atoms with van der Waals surface area (Å²) >= 11 is 0. The summed E-state index contributed by atoms with van der Waals surface area (Å²) in [6.45, 7) is 6.51. The Kier molecular flexibility index (Phi) is 7.04. The molecule has 6 rings (SSSR count). The van der Waals surface area contributed by atoms with Gasteiger partial charge in [-0.15, -0.1) is 0 Å². The molecule has 194 valence electrons. The molecule has 0 bridgehead atoms. The van der Waals surface area contributed by atoms with Crippen LogP contribution in [0.3, 0.4) is 0 Å². The van der Waals surface area contributed by atoms with E-state index in [-0.39, 0.29) is 0 Å². The molecule has 0 atom stereocenters. The quantitative estimate of drug-likeness (QED) is 0.213. The van der Waals surface area contributed by atoms with Gasteiger partial charge in [-0.2, -0.15) is 0 Å². The van der Waals surface area contributed by atoms with E-state index in [0.29, 0.717) is 0 Å². The molecule has 6 aromatic carbocycles. The molecule has 0 fully saturated rings. The van der Waals surface area contributed by atoms with Gasteiger partial charge in [-0.05, 0) is 73.9 Å². The molecule has 0 heterocycles. The molecule has 0 amide bonds. The van der Waals surface area contributed by atoms with Crippen LogP contribution in [0.5, 0.6) is 0 Å². The predicted molar refractivity (Wildman–Crippen MR) is 172 cm³/mol. The van der Waals surface area contributed by atoms with Crippen LogP contribution >= 0.6 is 0 Å². The Labute approximate surface area is 238 Å². The highest BCUT2D eigenvalue weighted by Gasteiger charge is 2.23. The van der Waals surface area contributed by atoms with E-state index in [1.54, 1.807) is 0 Å². The fourth-order valence-electron chi connectivity index (χ4n) is 5.47. The van der Waals surface area contributed by atoms with Gasteiger partial charge in [0, 0.05) is 16.7 Å².